The summed E-state index contributed by atoms with van der Waals surface area (Å²) in [6, 6.07) is 18.9. The molecule has 1 amide bonds. The lowest BCUT2D eigenvalue weighted by Crippen LogP contribution is -2.32. The molecule has 0 aliphatic carbocycles. The first-order valence-electron chi connectivity index (χ1n) is 9.69. The highest BCUT2D eigenvalue weighted by molar-refractivity contribution is 6.33. The number of aryl methyl sites for hydroxylation is 1. The Bertz CT molecular complexity index is 1180. The van der Waals surface area contributed by atoms with E-state index in [9.17, 15) is 9.18 Å². The number of ether oxygens (including phenoxy) is 2. The van der Waals surface area contributed by atoms with Crippen molar-refractivity contribution in [3.05, 3.63) is 94.9 Å². The number of anilines is 1. The fraction of sp³-hybridized carbons (Fsp3) is 0.120. The number of nitrogens with zero attached hydrogens (tertiary/aromatic N) is 2. The Balaban J connectivity index is 1.80. The van der Waals surface area contributed by atoms with Crippen molar-refractivity contribution in [2.24, 2.45) is 4.99 Å². The number of hydrogen-bond donors (Lipinski definition) is 0. The van der Waals surface area contributed by atoms with E-state index < -0.39 is 0 Å². The van der Waals surface area contributed by atoms with Gasteiger partial charge in [0.05, 0.1) is 19.9 Å². The maximum Gasteiger partial charge on any atom is 0.282 e. The Morgan fingerprint density at radius 1 is 0.903 bits per heavy atom. The number of hydrogen-bond acceptors (Lipinski definition) is 4. The number of aliphatic imine (C=N–C) groups is 1. The summed E-state index contributed by atoms with van der Waals surface area (Å²) >= 11 is 0. The first kappa shape index (κ1) is 20.3. The molecule has 6 heteroatoms. The normalized spacial score (nSPS) is 14.7. The Hall–Kier alpha value is -3.93. The number of carbonyl (C=O) groups excluding carboxylic acids is 1. The average Bonchev–Trinajstić information content (AvgIpc) is 3.10. The van der Waals surface area contributed by atoms with Crippen molar-refractivity contribution in [1.29, 1.82) is 0 Å². The first-order valence-corrected chi connectivity index (χ1v) is 9.69. The van der Waals surface area contributed by atoms with Crippen LogP contribution in [0.4, 0.5) is 10.1 Å². The van der Waals surface area contributed by atoms with E-state index in [1.807, 2.05) is 37.3 Å². The van der Waals surface area contributed by atoms with Crippen LogP contribution < -0.4 is 14.4 Å². The topological polar surface area (TPSA) is 51.1 Å². The molecule has 0 spiro atoms. The zero-order valence-corrected chi connectivity index (χ0v) is 17.4. The third-order valence-electron chi connectivity index (χ3n) is 4.97. The molecule has 156 valence electrons. The van der Waals surface area contributed by atoms with Crippen LogP contribution in [0.15, 0.2) is 77.4 Å². The minimum atomic E-state index is -0.370. The van der Waals surface area contributed by atoms with E-state index in [1.165, 1.54) is 17.0 Å². The van der Waals surface area contributed by atoms with Crippen molar-refractivity contribution in [2.45, 2.75) is 6.92 Å². The average molecular weight is 416 g/mol. The van der Waals surface area contributed by atoms with Gasteiger partial charge in [-0.2, -0.15) is 0 Å². The molecular formula is C25H21FN2O3. The van der Waals surface area contributed by atoms with Gasteiger partial charge in [-0.05, 0) is 55.0 Å². The summed E-state index contributed by atoms with van der Waals surface area (Å²) in [6.07, 6.45) is 1.70. The zero-order valence-electron chi connectivity index (χ0n) is 17.4. The molecule has 0 N–H and O–H groups in total. The summed E-state index contributed by atoms with van der Waals surface area (Å²) in [7, 11) is 3.12. The molecule has 0 bridgehead atoms. The molecule has 31 heavy (non-hydrogen) atoms. The summed E-state index contributed by atoms with van der Waals surface area (Å²) in [5.41, 5.74) is 3.45. The quantitative estimate of drug-likeness (QED) is 0.551. The largest absolute Gasteiger partial charge is 0.493 e. The number of methoxy groups -OCH3 is 2. The Labute approximate surface area is 180 Å². The molecule has 4 rings (SSSR count). The molecule has 5 nitrogen and oxygen atoms in total. The second-order valence-electron chi connectivity index (χ2n) is 7.06. The van der Waals surface area contributed by atoms with Crippen LogP contribution in [-0.4, -0.2) is 26.0 Å². The molecule has 1 aliphatic heterocycles. The van der Waals surface area contributed by atoms with E-state index in [0.717, 1.165) is 16.7 Å². The number of benzene rings is 3. The number of halogens is 1. The van der Waals surface area contributed by atoms with Crippen LogP contribution in [0.1, 0.15) is 16.7 Å². The Morgan fingerprint density at radius 2 is 1.58 bits per heavy atom. The van der Waals surface area contributed by atoms with Gasteiger partial charge in [-0.25, -0.2) is 9.38 Å². The van der Waals surface area contributed by atoms with Gasteiger partial charge in [0, 0.05) is 5.56 Å². The molecule has 0 saturated heterocycles. The standard InChI is InChI=1S/C25H21FN2O3/c1-16-4-7-18(8-5-16)24-27-21(14-17-6-13-22(30-2)23(15-17)31-3)25(29)28(24)20-11-9-19(26)10-12-20/h4-15H,1-3H3/b21-14+. The lowest BCUT2D eigenvalue weighted by atomic mass is 10.1. The van der Waals surface area contributed by atoms with Crippen LogP contribution in [0.2, 0.25) is 0 Å². The van der Waals surface area contributed by atoms with Crippen molar-refractivity contribution in [3.63, 3.8) is 0 Å². The minimum Gasteiger partial charge on any atom is -0.493 e. The molecule has 0 fully saturated rings. The molecule has 3 aromatic carbocycles. The maximum atomic E-state index is 13.5. The van der Waals surface area contributed by atoms with Gasteiger partial charge in [0.25, 0.3) is 5.91 Å². The van der Waals surface area contributed by atoms with E-state index in [0.29, 0.717) is 23.0 Å². The number of amidine groups is 1. The van der Waals surface area contributed by atoms with Crippen molar-refractivity contribution in [3.8, 4) is 11.5 Å². The molecule has 0 atom stereocenters. The molecular weight excluding hydrogens is 395 g/mol. The van der Waals surface area contributed by atoms with E-state index in [-0.39, 0.29) is 17.4 Å². The van der Waals surface area contributed by atoms with Crippen LogP contribution in [0.25, 0.3) is 6.08 Å². The maximum absolute atomic E-state index is 13.5. The monoisotopic (exact) mass is 416 g/mol. The van der Waals surface area contributed by atoms with Gasteiger partial charge in [0.15, 0.2) is 11.5 Å². The van der Waals surface area contributed by atoms with E-state index in [2.05, 4.69) is 4.99 Å². The van der Waals surface area contributed by atoms with Gasteiger partial charge in [0.2, 0.25) is 0 Å². The predicted octanol–water partition coefficient (Wildman–Crippen LogP) is 4.99. The van der Waals surface area contributed by atoms with E-state index >= 15 is 0 Å². The summed E-state index contributed by atoms with van der Waals surface area (Å²) in [4.78, 5) is 19.4. The van der Waals surface area contributed by atoms with Crippen LogP contribution in [-0.2, 0) is 4.79 Å². The molecule has 0 unspecified atom stereocenters. The molecule has 0 saturated carbocycles. The van der Waals surface area contributed by atoms with Crippen molar-refractivity contribution in [2.75, 3.05) is 19.1 Å². The first-order chi connectivity index (χ1) is 15.0. The fourth-order valence-corrected chi connectivity index (χ4v) is 3.34. The van der Waals surface area contributed by atoms with Gasteiger partial charge < -0.3 is 9.47 Å². The van der Waals surface area contributed by atoms with E-state index in [1.54, 1.807) is 44.6 Å². The predicted molar refractivity (Wildman–Crippen MR) is 119 cm³/mol. The molecule has 1 aliphatic rings. The fourth-order valence-electron chi connectivity index (χ4n) is 3.34. The minimum absolute atomic E-state index is 0.270. The van der Waals surface area contributed by atoms with Crippen molar-refractivity contribution in [1.82, 2.24) is 0 Å². The van der Waals surface area contributed by atoms with Gasteiger partial charge in [-0.1, -0.05) is 35.9 Å². The summed E-state index contributed by atoms with van der Waals surface area (Å²) in [6.45, 7) is 1.99. The van der Waals surface area contributed by atoms with Crippen LogP contribution in [0.3, 0.4) is 0 Å². The second-order valence-corrected chi connectivity index (χ2v) is 7.06. The lowest BCUT2D eigenvalue weighted by Gasteiger charge is -2.18. The third-order valence-corrected chi connectivity index (χ3v) is 4.97. The highest BCUT2D eigenvalue weighted by atomic mass is 19.1. The number of amides is 1. The molecule has 0 aromatic heterocycles. The van der Waals surface area contributed by atoms with Gasteiger partial charge in [-0.15, -0.1) is 0 Å². The van der Waals surface area contributed by atoms with Gasteiger partial charge in [0.1, 0.15) is 17.3 Å². The summed E-state index contributed by atoms with van der Waals surface area (Å²) in [5.74, 6) is 0.977. The Kier molecular flexibility index (Phi) is 5.54. The van der Waals surface area contributed by atoms with Crippen LogP contribution >= 0.6 is 0 Å². The SMILES string of the molecule is COc1ccc(/C=C2/N=C(c3ccc(C)cc3)N(c3ccc(F)cc3)C2=O)cc1OC. The van der Waals surface area contributed by atoms with Crippen molar-refractivity contribution >= 4 is 23.5 Å². The van der Waals surface area contributed by atoms with Gasteiger partial charge in [-0.3, -0.25) is 9.69 Å². The van der Waals surface area contributed by atoms with Crippen LogP contribution in [0.5, 0.6) is 11.5 Å². The van der Waals surface area contributed by atoms with Gasteiger partial charge >= 0.3 is 0 Å². The van der Waals surface area contributed by atoms with Crippen molar-refractivity contribution < 1.29 is 18.7 Å². The van der Waals surface area contributed by atoms with E-state index in [4.69, 9.17) is 9.47 Å². The molecule has 3 aromatic rings. The van der Waals surface area contributed by atoms with Crippen LogP contribution in [0, 0.1) is 12.7 Å². The number of carbonyl (C=O) groups is 1. The zero-order chi connectivity index (χ0) is 22.0. The highest BCUT2D eigenvalue weighted by Crippen LogP contribution is 2.31. The lowest BCUT2D eigenvalue weighted by molar-refractivity contribution is -0.113. The Morgan fingerprint density at radius 3 is 2.23 bits per heavy atom. The summed E-state index contributed by atoms with van der Waals surface area (Å²) in [5, 5.41) is 0. The third kappa shape index (κ3) is 4.05. The highest BCUT2D eigenvalue weighted by Gasteiger charge is 2.32. The summed E-state index contributed by atoms with van der Waals surface area (Å²) < 4.78 is 24.1. The second kappa shape index (κ2) is 8.44. The smallest absolute Gasteiger partial charge is 0.282 e. The molecule has 0 radical (unpaired) electrons. The number of rotatable bonds is 5. The molecule has 1 heterocycles.